The maximum Gasteiger partial charge on any atom is 0.225 e. The number of nitrogens with one attached hydrogen (secondary N) is 1. The molecule has 0 radical (unpaired) electrons. The van der Waals surface area contributed by atoms with Crippen molar-refractivity contribution in [1.82, 2.24) is 10.2 Å². The van der Waals surface area contributed by atoms with Gasteiger partial charge in [-0.05, 0) is 19.8 Å². The standard InChI is InChI=1S/C14H22N2O4/c1-9-14(19,4-5-20-9)8-15-13(18)10-6-12(17)16(7-10)11-2-3-11/h9-11,19H,2-8H2,1H3,(H,15,18). The molecular formula is C14H22N2O4. The largest absolute Gasteiger partial charge is 0.385 e. The van der Waals surface area contributed by atoms with E-state index < -0.39 is 5.60 Å². The van der Waals surface area contributed by atoms with Crippen LogP contribution in [0, 0.1) is 5.92 Å². The van der Waals surface area contributed by atoms with Gasteiger partial charge in [0.2, 0.25) is 11.8 Å². The number of aliphatic hydroxyl groups is 1. The molecule has 3 aliphatic rings. The first-order chi connectivity index (χ1) is 9.49. The summed E-state index contributed by atoms with van der Waals surface area (Å²) in [6.07, 6.45) is 2.69. The van der Waals surface area contributed by atoms with E-state index >= 15 is 0 Å². The zero-order valence-electron chi connectivity index (χ0n) is 11.8. The molecule has 3 atom stereocenters. The van der Waals surface area contributed by atoms with Crippen molar-refractivity contribution in [3.63, 3.8) is 0 Å². The highest BCUT2D eigenvalue weighted by atomic mass is 16.5. The third-order valence-electron chi connectivity index (χ3n) is 4.75. The Kier molecular flexibility index (Phi) is 3.46. The Labute approximate surface area is 118 Å². The predicted octanol–water partition coefficient (Wildman–Crippen LogP) is -0.347. The summed E-state index contributed by atoms with van der Waals surface area (Å²) in [7, 11) is 0. The van der Waals surface area contributed by atoms with Crippen molar-refractivity contribution in [2.24, 2.45) is 5.92 Å². The van der Waals surface area contributed by atoms with Crippen LogP contribution in [0.4, 0.5) is 0 Å². The van der Waals surface area contributed by atoms with E-state index in [9.17, 15) is 14.7 Å². The highest BCUT2D eigenvalue weighted by Crippen LogP contribution is 2.32. The topological polar surface area (TPSA) is 78.9 Å². The molecule has 112 valence electrons. The molecule has 3 rings (SSSR count). The van der Waals surface area contributed by atoms with Crippen molar-refractivity contribution < 1.29 is 19.4 Å². The smallest absolute Gasteiger partial charge is 0.225 e. The van der Waals surface area contributed by atoms with E-state index in [0.717, 1.165) is 12.8 Å². The number of carbonyl (C=O) groups excluding carboxylic acids is 2. The van der Waals surface area contributed by atoms with Gasteiger partial charge in [-0.3, -0.25) is 9.59 Å². The van der Waals surface area contributed by atoms with E-state index in [2.05, 4.69) is 5.32 Å². The van der Waals surface area contributed by atoms with Crippen molar-refractivity contribution in [2.45, 2.75) is 50.4 Å². The predicted molar refractivity (Wildman–Crippen MR) is 70.8 cm³/mol. The van der Waals surface area contributed by atoms with Crippen LogP contribution < -0.4 is 5.32 Å². The number of ether oxygens (including phenoxy) is 1. The molecule has 1 aliphatic carbocycles. The lowest BCUT2D eigenvalue weighted by Crippen LogP contribution is -2.48. The molecule has 20 heavy (non-hydrogen) atoms. The molecule has 6 heteroatoms. The first kappa shape index (κ1) is 13.8. The van der Waals surface area contributed by atoms with Crippen LogP contribution in [0.3, 0.4) is 0 Å². The Bertz CT molecular complexity index is 423. The number of hydrogen-bond donors (Lipinski definition) is 2. The molecule has 0 aromatic rings. The maximum atomic E-state index is 12.1. The number of rotatable bonds is 4. The van der Waals surface area contributed by atoms with Gasteiger partial charge < -0.3 is 20.1 Å². The van der Waals surface area contributed by atoms with Crippen molar-refractivity contribution in [3.8, 4) is 0 Å². The Hall–Kier alpha value is -1.14. The third kappa shape index (κ3) is 2.54. The summed E-state index contributed by atoms with van der Waals surface area (Å²) >= 11 is 0. The van der Waals surface area contributed by atoms with Gasteiger partial charge in [-0.15, -0.1) is 0 Å². The van der Waals surface area contributed by atoms with Gasteiger partial charge in [0.15, 0.2) is 0 Å². The lowest BCUT2D eigenvalue weighted by Gasteiger charge is -2.26. The SMILES string of the molecule is CC1OCCC1(O)CNC(=O)C1CC(=O)N(C2CC2)C1. The minimum absolute atomic E-state index is 0.0870. The molecular weight excluding hydrogens is 260 g/mol. The molecule has 2 saturated heterocycles. The molecule has 0 aromatic heterocycles. The van der Waals surface area contributed by atoms with E-state index in [1.165, 1.54) is 0 Å². The van der Waals surface area contributed by atoms with Crippen LogP contribution in [0.25, 0.3) is 0 Å². The molecule has 0 aromatic carbocycles. The van der Waals surface area contributed by atoms with E-state index in [1.54, 1.807) is 0 Å². The van der Waals surface area contributed by atoms with Gasteiger partial charge in [-0.2, -0.15) is 0 Å². The normalized spacial score (nSPS) is 37.5. The Morgan fingerprint density at radius 2 is 2.30 bits per heavy atom. The molecule has 3 unspecified atom stereocenters. The molecule has 1 saturated carbocycles. The van der Waals surface area contributed by atoms with Crippen molar-refractivity contribution in [2.75, 3.05) is 19.7 Å². The number of likely N-dealkylation sites (tertiary alicyclic amines) is 1. The highest BCUT2D eigenvalue weighted by molar-refractivity contribution is 5.89. The molecule has 2 amide bonds. The number of hydrogen-bond acceptors (Lipinski definition) is 4. The summed E-state index contributed by atoms with van der Waals surface area (Å²) in [6.45, 7) is 3.05. The fraction of sp³-hybridized carbons (Fsp3) is 0.857. The van der Waals surface area contributed by atoms with Crippen LogP contribution >= 0.6 is 0 Å². The van der Waals surface area contributed by atoms with Crippen LogP contribution in [0.5, 0.6) is 0 Å². The monoisotopic (exact) mass is 282 g/mol. The fourth-order valence-corrected chi connectivity index (χ4v) is 3.03. The van der Waals surface area contributed by atoms with Crippen LogP contribution in [0.1, 0.15) is 32.6 Å². The Morgan fingerprint density at radius 3 is 2.90 bits per heavy atom. The van der Waals surface area contributed by atoms with Crippen LogP contribution in [0.2, 0.25) is 0 Å². The van der Waals surface area contributed by atoms with E-state index in [1.807, 2.05) is 11.8 Å². The average Bonchev–Trinajstić information content (AvgIpc) is 3.10. The van der Waals surface area contributed by atoms with Gasteiger partial charge in [0, 0.05) is 38.6 Å². The third-order valence-corrected chi connectivity index (χ3v) is 4.75. The fourth-order valence-electron chi connectivity index (χ4n) is 3.03. The highest BCUT2D eigenvalue weighted by Gasteiger charge is 2.43. The summed E-state index contributed by atoms with van der Waals surface area (Å²) in [5.41, 5.74) is -0.978. The first-order valence-corrected chi connectivity index (χ1v) is 7.41. The molecule has 0 spiro atoms. The molecule has 2 heterocycles. The lowest BCUT2D eigenvalue weighted by molar-refractivity contribution is -0.129. The number of carbonyl (C=O) groups is 2. The number of amides is 2. The van der Waals surface area contributed by atoms with Gasteiger partial charge in [-0.25, -0.2) is 0 Å². The number of nitrogens with zero attached hydrogens (tertiary/aromatic N) is 1. The van der Waals surface area contributed by atoms with Gasteiger partial charge in [-0.1, -0.05) is 0 Å². The van der Waals surface area contributed by atoms with E-state index in [0.29, 0.717) is 32.0 Å². The van der Waals surface area contributed by atoms with Gasteiger partial charge in [0.05, 0.1) is 12.0 Å². The second-order valence-electron chi connectivity index (χ2n) is 6.26. The van der Waals surface area contributed by atoms with Crippen molar-refractivity contribution in [3.05, 3.63) is 0 Å². The van der Waals surface area contributed by atoms with Crippen LogP contribution in [0.15, 0.2) is 0 Å². The second-order valence-corrected chi connectivity index (χ2v) is 6.26. The van der Waals surface area contributed by atoms with Crippen LogP contribution in [-0.2, 0) is 14.3 Å². The van der Waals surface area contributed by atoms with Gasteiger partial charge >= 0.3 is 0 Å². The maximum absolute atomic E-state index is 12.1. The molecule has 3 fully saturated rings. The summed E-state index contributed by atoms with van der Waals surface area (Å²) in [4.78, 5) is 25.8. The molecule has 0 bridgehead atoms. The zero-order valence-corrected chi connectivity index (χ0v) is 11.8. The first-order valence-electron chi connectivity index (χ1n) is 7.41. The van der Waals surface area contributed by atoms with Crippen molar-refractivity contribution >= 4 is 11.8 Å². The van der Waals surface area contributed by atoms with E-state index in [4.69, 9.17) is 4.74 Å². The zero-order chi connectivity index (χ0) is 14.3. The van der Waals surface area contributed by atoms with Gasteiger partial charge in [0.1, 0.15) is 5.60 Å². The lowest BCUT2D eigenvalue weighted by atomic mass is 9.96. The van der Waals surface area contributed by atoms with E-state index in [-0.39, 0.29) is 30.4 Å². The molecule has 6 nitrogen and oxygen atoms in total. The summed E-state index contributed by atoms with van der Waals surface area (Å²) in [6, 6.07) is 0.368. The van der Waals surface area contributed by atoms with Crippen LogP contribution in [-0.4, -0.2) is 59.3 Å². The summed E-state index contributed by atoms with van der Waals surface area (Å²) in [5, 5.41) is 13.1. The minimum atomic E-state index is -0.978. The quantitative estimate of drug-likeness (QED) is 0.739. The summed E-state index contributed by atoms with van der Waals surface area (Å²) < 4.78 is 5.34. The second kappa shape index (κ2) is 5.00. The molecule has 2 aliphatic heterocycles. The van der Waals surface area contributed by atoms with Gasteiger partial charge in [0.25, 0.3) is 0 Å². The Morgan fingerprint density at radius 1 is 1.55 bits per heavy atom. The summed E-state index contributed by atoms with van der Waals surface area (Å²) in [5.74, 6) is -0.317. The molecule has 2 N–H and O–H groups in total. The average molecular weight is 282 g/mol. The van der Waals surface area contributed by atoms with Crippen molar-refractivity contribution in [1.29, 1.82) is 0 Å². The minimum Gasteiger partial charge on any atom is -0.385 e. The Balaban J connectivity index is 1.51.